The first-order valence-corrected chi connectivity index (χ1v) is 9.37. The Morgan fingerprint density at radius 1 is 0.692 bits per heavy atom. The van der Waals surface area contributed by atoms with Crippen LogP contribution in [0.15, 0.2) is 91.0 Å². The van der Waals surface area contributed by atoms with Gasteiger partial charge in [0.1, 0.15) is 6.17 Å². The zero-order valence-electron chi connectivity index (χ0n) is 14.9. The molecule has 0 bridgehead atoms. The number of alkyl halides is 1. The second kappa shape index (κ2) is 7.43. The molecule has 1 fully saturated rings. The number of hydrogen-bond donors (Lipinski definition) is 0. The van der Waals surface area contributed by atoms with E-state index in [9.17, 15) is 4.39 Å². The Kier molecular flexibility index (Phi) is 4.85. The van der Waals surface area contributed by atoms with Gasteiger partial charge >= 0.3 is 0 Å². The molecular weight excluding hydrogens is 321 g/mol. The summed E-state index contributed by atoms with van der Waals surface area (Å²) in [5, 5.41) is 0. The first-order valence-electron chi connectivity index (χ1n) is 9.37. The molecule has 1 nitrogen and oxygen atoms in total. The summed E-state index contributed by atoms with van der Waals surface area (Å²) in [4.78, 5) is 2.33. The van der Waals surface area contributed by atoms with Gasteiger partial charge in [0.25, 0.3) is 0 Å². The molecule has 132 valence electrons. The summed E-state index contributed by atoms with van der Waals surface area (Å²) in [6, 6.07) is 31.6. The number of benzene rings is 3. The largest absolute Gasteiger partial charge is 0.283 e. The van der Waals surface area contributed by atoms with Gasteiger partial charge in [-0.25, -0.2) is 4.39 Å². The second-order valence-corrected chi connectivity index (χ2v) is 6.99. The van der Waals surface area contributed by atoms with Crippen molar-refractivity contribution in [1.82, 2.24) is 4.90 Å². The van der Waals surface area contributed by atoms with Crippen LogP contribution in [0.25, 0.3) is 0 Å². The number of halogens is 1. The fourth-order valence-corrected chi connectivity index (χ4v) is 4.32. The zero-order valence-corrected chi connectivity index (χ0v) is 14.9. The minimum absolute atomic E-state index is 0.457. The molecule has 0 unspecified atom stereocenters. The maximum Gasteiger partial charge on any atom is 0.113 e. The third-order valence-electron chi connectivity index (χ3n) is 5.41. The molecule has 0 saturated carbocycles. The smallest absolute Gasteiger partial charge is 0.113 e. The van der Waals surface area contributed by atoms with Crippen LogP contribution in [0.2, 0.25) is 0 Å². The van der Waals surface area contributed by atoms with Crippen LogP contribution in [0, 0.1) is 0 Å². The van der Waals surface area contributed by atoms with Crippen molar-refractivity contribution in [3.05, 3.63) is 108 Å². The van der Waals surface area contributed by atoms with Gasteiger partial charge in [-0.3, -0.25) is 4.90 Å². The molecule has 0 spiro atoms. The van der Waals surface area contributed by atoms with Crippen LogP contribution >= 0.6 is 0 Å². The first kappa shape index (κ1) is 17.0. The molecule has 0 radical (unpaired) electrons. The molecule has 2 heteroatoms. The van der Waals surface area contributed by atoms with Gasteiger partial charge in [-0.2, -0.15) is 0 Å². The van der Waals surface area contributed by atoms with Crippen LogP contribution in [0.1, 0.15) is 29.5 Å². The van der Waals surface area contributed by atoms with E-state index in [1.165, 1.54) is 16.7 Å². The maximum absolute atomic E-state index is 14.5. The minimum Gasteiger partial charge on any atom is -0.283 e. The van der Waals surface area contributed by atoms with Crippen LogP contribution in [0.4, 0.5) is 4.39 Å². The number of likely N-dealkylation sites (tertiary alicyclic amines) is 1. The van der Waals surface area contributed by atoms with Crippen molar-refractivity contribution >= 4 is 0 Å². The molecule has 1 heterocycles. The highest BCUT2D eigenvalue weighted by molar-refractivity contribution is 5.49. The van der Waals surface area contributed by atoms with Gasteiger partial charge in [-0.15, -0.1) is 0 Å². The van der Waals surface area contributed by atoms with Gasteiger partial charge in [-0.1, -0.05) is 91.0 Å². The molecule has 26 heavy (non-hydrogen) atoms. The average Bonchev–Trinajstić information content (AvgIpc) is 2.71. The SMILES string of the molecule is F[C@@H]1CCCN(C(c2ccccc2)(c2ccccc2)c2ccccc2)C1. The van der Waals surface area contributed by atoms with Gasteiger partial charge < -0.3 is 0 Å². The molecule has 0 N–H and O–H groups in total. The molecule has 0 aliphatic carbocycles. The van der Waals surface area contributed by atoms with Crippen LogP contribution in [0.3, 0.4) is 0 Å². The summed E-state index contributed by atoms with van der Waals surface area (Å²) in [5.74, 6) is 0. The molecule has 1 saturated heterocycles. The van der Waals surface area contributed by atoms with Crippen molar-refractivity contribution in [1.29, 1.82) is 0 Å². The lowest BCUT2D eigenvalue weighted by atomic mass is 9.74. The number of rotatable bonds is 4. The third kappa shape index (κ3) is 2.95. The summed E-state index contributed by atoms with van der Waals surface area (Å²) in [6.07, 6.45) is 0.764. The predicted octanol–water partition coefficient (Wildman–Crippen LogP) is 5.41. The van der Waals surface area contributed by atoms with Crippen LogP contribution in [0.5, 0.6) is 0 Å². The highest BCUT2D eigenvalue weighted by Gasteiger charge is 2.43. The standard InChI is InChI=1S/C24H24FN/c25-23-17-10-18-26(19-23)24(20-11-4-1-5-12-20,21-13-6-2-7-14-21)22-15-8-3-9-16-22/h1-9,11-16,23H,10,17-19H2/t23-/m1/s1. The highest BCUT2D eigenvalue weighted by Crippen LogP contribution is 2.43. The Labute approximate surface area is 155 Å². The summed E-state index contributed by atoms with van der Waals surface area (Å²) in [7, 11) is 0. The molecular formula is C24H24FN. The van der Waals surface area contributed by atoms with Crippen LogP contribution < -0.4 is 0 Å². The fourth-order valence-electron chi connectivity index (χ4n) is 4.32. The van der Waals surface area contributed by atoms with E-state index in [1.54, 1.807) is 0 Å². The lowest BCUT2D eigenvalue weighted by molar-refractivity contribution is 0.0739. The Morgan fingerprint density at radius 2 is 1.12 bits per heavy atom. The van der Waals surface area contributed by atoms with Crippen molar-refractivity contribution in [3.8, 4) is 0 Å². The van der Waals surface area contributed by atoms with Crippen molar-refractivity contribution in [2.75, 3.05) is 13.1 Å². The zero-order chi connectivity index (χ0) is 17.8. The molecule has 1 atom stereocenters. The summed E-state index contributed by atoms with van der Waals surface area (Å²) in [5.41, 5.74) is 3.08. The monoisotopic (exact) mass is 345 g/mol. The molecule has 3 aromatic carbocycles. The molecule has 0 amide bonds. The van der Waals surface area contributed by atoms with E-state index in [2.05, 4.69) is 77.7 Å². The van der Waals surface area contributed by atoms with Gasteiger partial charge in [-0.05, 0) is 36.1 Å². The van der Waals surface area contributed by atoms with Gasteiger partial charge in [0.05, 0.1) is 5.54 Å². The normalized spacial score (nSPS) is 18.6. The Morgan fingerprint density at radius 3 is 1.50 bits per heavy atom. The van der Waals surface area contributed by atoms with E-state index in [0.29, 0.717) is 13.0 Å². The molecule has 1 aliphatic rings. The summed E-state index contributed by atoms with van der Waals surface area (Å²) < 4.78 is 14.5. The first-order chi connectivity index (χ1) is 12.8. The summed E-state index contributed by atoms with van der Waals surface area (Å²) >= 11 is 0. The van der Waals surface area contributed by atoms with Gasteiger partial charge in [0.15, 0.2) is 0 Å². The Hall–Kier alpha value is -2.45. The Balaban J connectivity index is 2.00. The lowest BCUT2D eigenvalue weighted by Gasteiger charge is -2.48. The van der Waals surface area contributed by atoms with Gasteiger partial charge in [0.2, 0.25) is 0 Å². The van der Waals surface area contributed by atoms with E-state index < -0.39 is 11.7 Å². The van der Waals surface area contributed by atoms with Crippen molar-refractivity contribution < 1.29 is 4.39 Å². The maximum atomic E-state index is 14.5. The van der Waals surface area contributed by atoms with E-state index in [1.807, 2.05) is 18.2 Å². The Bertz CT molecular complexity index is 720. The second-order valence-electron chi connectivity index (χ2n) is 6.99. The summed E-state index contributed by atoms with van der Waals surface area (Å²) in [6.45, 7) is 1.35. The molecule has 1 aliphatic heterocycles. The van der Waals surface area contributed by atoms with E-state index in [4.69, 9.17) is 0 Å². The lowest BCUT2D eigenvalue weighted by Crippen LogP contribution is -2.52. The van der Waals surface area contributed by atoms with Crippen molar-refractivity contribution in [2.45, 2.75) is 24.6 Å². The molecule has 0 aromatic heterocycles. The highest BCUT2D eigenvalue weighted by atomic mass is 19.1. The van der Waals surface area contributed by atoms with Crippen LogP contribution in [-0.2, 0) is 5.54 Å². The van der Waals surface area contributed by atoms with Crippen LogP contribution in [-0.4, -0.2) is 24.2 Å². The molecule has 4 rings (SSSR count). The molecule has 3 aromatic rings. The number of piperidine rings is 1. The van der Waals surface area contributed by atoms with E-state index in [-0.39, 0.29) is 0 Å². The number of nitrogens with zero attached hydrogens (tertiary/aromatic N) is 1. The predicted molar refractivity (Wildman–Crippen MR) is 105 cm³/mol. The fraction of sp³-hybridized carbons (Fsp3) is 0.250. The topological polar surface area (TPSA) is 3.24 Å². The third-order valence-corrected chi connectivity index (χ3v) is 5.41. The van der Waals surface area contributed by atoms with Crippen molar-refractivity contribution in [3.63, 3.8) is 0 Å². The average molecular weight is 345 g/mol. The number of hydrogen-bond acceptors (Lipinski definition) is 1. The van der Waals surface area contributed by atoms with Crippen molar-refractivity contribution in [2.24, 2.45) is 0 Å². The quantitative estimate of drug-likeness (QED) is 0.571. The van der Waals surface area contributed by atoms with E-state index in [0.717, 1.165) is 13.0 Å². The van der Waals surface area contributed by atoms with Gasteiger partial charge in [0, 0.05) is 6.54 Å². The van der Waals surface area contributed by atoms with E-state index >= 15 is 0 Å². The minimum atomic E-state index is -0.778.